The molecule has 3 aromatic rings. The number of alkyl halides is 6. The number of nitrogens with zero attached hydrogens (tertiary/aromatic N) is 3. The first kappa shape index (κ1) is 22.6. The molecule has 2 atom stereocenters. The Morgan fingerprint density at radius 1 is 1.18 bits per heavy atom. The summed E-state index contributed by atoms with van der Waals surface area (Å²) < 4.78 is 87.8. The quantitative estimate of drug-likeness (QED) is 0.519. The maximum absolute atomic E-state index is 13.7. The summed E-state index contributed by atoms with van der Waals surface area (Å²) in [4.78, 5) is 13.9. The van der Waals surface area contributed by atoms with Gasteiger partial charge >= 0.3 is 12.5 Å². The topological polar surface area (TPSA) is 72.5 Å². The Hall–Kier alpha value is -3.64. The minimum Gasteiger partial charge on any atom is -0.467 e. The van der Waals surface area contributed by atoms with Crippen molar-refractivity contribution in [3.05, 3.63) is 60.2 Å². The third-order valence-electron chi connectivity index (χ3n) is 5.06. The molecule has 0 spiro atoms. The van der Waals surface area contributed by atoms with Crippen LogP contribution in [0.5, 0.6) is 5.75 Å². The van der Waals surface area contributed by atoms with Crippen molar-refractivity contribution in [2.75, 3.05) is 17.3 Å². The predicted molar refractivity (Wildman–Crippen MR) is 103 cm³/mol. The number of benzene rings is 1. The van der Waals surface area contributed by atoms with Crippen LogP contribution in [0.25, 0.3) is 0 Å². The van der Waals surface area contributed by atoms with E-state index in [1.54, 1.807) is 12.1 Å². The zero-order chi connectivity index (χ0) is 24.0. The van der Waals surface area contributed by atoms with E-state index in [0.717, 1.165) is 17.0 Å². The zero-order valence-corrected chi connectivity index (χ0v) is 16.8. The molecule has 176 valence electrons. The molecule has 1 N–H and O–H groups in total. The lowest BCUT2D eigenvalue weighted by Gasteiger charge is -2.32. The summed E-state index contributed by atoms with van der Waals surface area (Å²) in [5.74, 6) is -0.942. The van der Waals surface area contributed by atoms with Crippen LogP contribution in [0.15, 0.2) is 53.1 Å². The van der Waals surface area contributed by atoms with Crippen molar-refractivity contribution in [3.8, 4) is 5.75 Å². The number of carbonyl (C=O) groups excluding carboxylic acids is 1. The van der Waals surface area contributed by atoms with Gasteiger partial charge in [0.1, 0.15) is 17.3 Å². The van der Waals surface area contributed by atoms with E-state index in [2.05, 4.69) is 15.2 Å². The lowest BCUT2D eigenvalue weighted by atomic mass is 10.0. The van der Waals surface area contributed by atoms with Gasteiger partial charge in [-0.3, -0.25) is 4.79 Å². The number of aromatic nitrogens is 2. The van der Waals surface area contributed by atoms with Crippen molar-refractivity contribution >= 4 is 17.4 Å². The smallest absolute Gasteiger partial charge is 0.467 e. The summed E-state index contributed by atoms with van der Waals surface area (Å²) in [5.41, 5.74) is -0.0840. The minimum absolute atomic E-state index is 0.0179. The van der Waals surface area contributed by atoms with Crippen molar-refractivity contribution in [1.82, 2.24) is 9.78 Å². The predicted octanol–water partition coefficient (Wildman–Crippen LogP) is 5.31. The van der Waals surface area contributed by atoms with Crippen LogP contribution in [0.2, 0.25) is 0 Å². The van der Waals surface area contributed by atoms with Gasteiger partial charge in [-0.1, -0.05) is 0 Å². The van der Waals surface area contributed by atoms with Gasteiger partial charge in [0.25, 0.3) is 5.91 Å². The third kappa shape index (κ3) is 4.76. The highest BCUT2D eigenvalue weighted by atomic mass is 19.4. The van der Waals surface area contributed by atoms with Crippen LogP contribution in [0.4, 0.5) is 37.8 Å². The van der Waals surface area contributed by atoms with Gasteiger partial charge in [-0.15, -0.1) is 13.2 Å². The molecule has 1 aromatic carbocycles. The van der Waals surface area contributed by atoms with Crippen LogP contribution in [0.3, 0.4) is 0 Å². The van der Waals surface area contributed by atoms with Gasteiger partial charge in [-0.25, -0.2) is 4.68 Å². The molecule has 4 rings (SSSR count). The van der Waals surface area contributed by atoms with Crippen molar-refractivity contribution < 1.29 is 40.3 Å². The van der Waals surface area contributed by atoms with Crippen molar-refractivity contribution in [2.24, 2.45) is 0 Å². The first-order valence-corrected chi connectivity index (χ1v) is 9.52. The Morgan fingerprint density at radius 2 is 1.88 bits per heavy atom. The molecule has 3 heterocycles. The van der Waals surface area contributed by atoms with E-state index in [1.807, 2.05) is 0 Å². The summed E-state index contributed by atoms with van der Waals surface area (Å²) in [7, 11) is 1.32. The molecule has 0 fully saturated rings. The Balaban J connectivity index is 1.58. The molecular formula is C20H16F6N4O3. The van der Waals surface area contributed by atoms with Crippen LogP contribution >= 0.6 is 0 Å². The molecule has 0 bridgehead atoms. The van der Waals surface area contributed by atoms with Gasteiger partial charge in [-0.2, -0.15) is 18.3 Å². The van der Waals surface area contributed by atoms with E-state index in [4.69, 9.17) is 4.42 Å². The largest absolute Gasteiger partial charge is 0.573 e. The Bertz CT molecular complexity index is 1120. The van der Waals surface area contributed by atoms with Crippen LogP contribution in [0.1, 0.15) is 34.8 Å². The monoisotopic (exact) mass is 474 g/mol. The Kier molecular flexibility index (Phi) is 5.50. The van der Waals surface area contributed by atoms with E-state index in [0.29, 0.717) is 10.4 Å². The molecule has 33 heavy (non-hydrogen) atoms. The average molecular weight is 474 g/mol. The van der Waals surface area contributed by atoms with Gasteiger partial charge in [0.15, 0.2) is 11.7 Å². The number of rotatable bonds is 4. The summed E-state index contributed by atoms with van der Waals surface area (Å²) in [6, 6.07) is 5.96. The number of fused-ring (bicyclic) bond motifs is 1. The van der Waals surface area contributed by atoms with Crippen LogP contribution in [-0.2, 0) is 0 Å². The third-order valence-corrected chi connectivity index (χ3v) is 5.06. The maximum atomic E-state index is 13.7. The standard InChI is InChI=1S/C20H16F6N4O3/c1-29(11-4-6-12(7-5-11)33-20(24,25)26)18(31)14-10-17-27-13(15-3-2-8-32-15)9-16(19(21,22)23)30(17)28-14/h2-8,10,13,16,27H,9H2,1H3. The lowest BCUT2D eigenvalue weighted by molar-refractivity contribution is -0.274. The number of halogens is 6. The number of hydrogen-bond donors (Lipinski definition) is 1. The molecule has 2 aromatic heterocycles. The Labute approximate surface area is 182 Å². The van der Waals surface area contributed by atoms with Gasteiger partial charge in [0.2, 0.25) is 0 Å². The summed E-state index contributed by atoms with van der Waals surface area (Å²) in [5, 5.41) is 6.76. The first-order valence-electron chi connectivity index (χ1n) is 9.52. The summed E-state index contributed by atoms with van der Waals surface area (Å²) in [6.07, 6.45) is -8.54. The fourth-order valence-electron chi connectivity index (χ4n) is 3.51. The van der Waals surface area contributed by atoms with Gasteiger partial charge < -0.3 is 19.4 Å². The van der Waals surface area contributed by atoms with E-state index in [-0.39, 0.29) is 17.2 Å². The van der Waals surface area contributed by atoms with Gasteiger partial charge in [0, 0.05) is 25.2 Å². The second-order valence-electron chi connectivity index (χ2n) is 7.27. The zero-order valence-electron chi connectivity index (χ0n) is 16.8. The molecule has 1 amide bonds. The van der Waals surface area contributed by atoms with E-state index in [9.17, 15) is 31.1 Å². The molecule has 0 aliphatic carbocycles. The normalized spacial score (nSPS) is 18.4. The highest BCUT2D eigenvalue weighted by molar-refractivity contribution is 6.04. The number of carbonyl (C=O) groups is 1. The van der Waals surface area contributed by atoms with E-state index < -0.39 is 42.7 Å². The number of nitrogens with one attached hydrogen (secondary N) is 1. The molecule has 0 saturated heterocycles. The lowest BCUT2D eigenvalue weighted by Crippen LogP contribution is -2.35. The molecule has 0 radical (unpaired) electrons. The molecule has 13 heteroatoms. The van der Waals surface area contributed by atoms with Gasteiger partial charge in [0.05, 0.1) is 12.3 Å². The van der Waals surface area contributed by atoms with E-state index in [1.165, 1.54) is 31.5 Å². The fourth-order valence-corrected chi connectivity index (χ4v) is 3.51. The summed E-state index contributed by atoms with van der Waals surface area (Å²) in [6.45, 7) is 0. The van der Waals surface area contributed by atoms with Crippen LogP contribution in [0, 0.1) is 0 Å². The molecule has 1 aliphatic rings. The second-order valence-corrected chi connectivity index (χ2v) is 7.27. The van der Waals surface area contributed by atoms with Gasteiger partial charge in [-0.05, 0) is 36.4 Å². The second kappa shape index (κ2) is 8.05. The van der Waals surface area contributed by atoms with Crippen molar-refractivity contribution in [2.45, 2.75) is 31.0 Å². The van der Waals surface area contributed by atoms with Crippen LogP contribution in [-0.4, -0.2) is 35.3 Å². The van der Waals surface area contributed by atoms with E-state index >= 15 is 0 Å². The minimum atomic E-state index is -4.87. The molecule has 7 nitrogen and oxygen atoms in total. The van der Waals surface area contributed by atoms with Crippen LogP contribution < -0.4 is 15.0 Å². The SMILES string of the molecule is CN(C(=O)c1cc2n(n1)C(C(F)(F)F)CC(c1ccco1)N2)c1ccc(OC(F)(F)F)cc1. The number of amides is 1. The summed E-state index contributed by atoms with van der Waals surface area (Å²) >= 11 is 0. The average Bonchev–Trinajstić information content (AvgIpc) is 3.40. The number of ether oxygens (including phenoxy) is 1. The Morgan fingerprint density at radius 3 is 2.45 bits per heavy atom. The molecule has 1 aliphatic heterocycles. The highest BCUT2D eigenvalue weighted by Crippen LogP contribution is 2.43. The first-order chi connectivity index (χ1) is 15.4. The molecule has 2 unspecified atom stereocenters. The number of anilines is 2. The van der Waals surface area contributed by atoms with Crippen molar-refractivity contribution in [1.29, 1.82) is 0 Å². The maximum Gasteiger partial charge on any atom is 0.573 e. The van der Waals surface area contributed by atoms with Crippen molar-refractivity contribution in [3.63, 3.8) is 0 Å². The fraction of sp³-hybridized carbons (Fsp3) is 0.300. The molecular weight excluding hydrogens is 458 g/mol. The number of furan rings is 1. The number of hydrogen-bond acceptors (Lipinski definition) is 5. The molecule has 0 saturated carbocycles. The highest BCUT2D eigenvalue weighted by Gasteiger charge is 2.47.